The van der Waals surface area contributed by atoms with Gasteiger partial charge in [0.25, 0.3) is 0 Å². The zero-order valence-corrected chi connectivity index (χ0v) is 12.8. The number of furan rings is 2. The fourth-order valence-electron chi connectivity index (χ4n) is 2.02. The number of nitrogens with one attached hydrogen (secondary N) is 1. The molecular formula is C16H24N2O2. The molecule has 0 aliphatic heterocycles. The standard InChI is InChI=1S/C16H24N2O2/c1-16(2,3)17-10-15-13(7-9-20-15)11-18(4)12-14-6-5-8-19-14/h5-9,17H,10-12H2,1-4H3. The van der Waals surface area contributed by atoms with E-state index in [0.717, 1.165) is 31.2 Å². The fourth-order valence-corrected chi connectivity index (χ4v) is 2.02. The number of nitrogens with zero attached hydrogens (tertiary/aromatic N) is 1. The Balaban J connectivity index is 1.91. The minimum atomic E-state index is 0.0874. The molecular weight excluding hydrogens is 252 g/mol. The molecule has 0 saturated heterocycles. The van der Waals surface area contributed by atoms with Crippen LogP contribution < -0.4 is 5.32 Å². The molecule has 1 N–H and O–H groups in total. The maximum absolute atomic E-state index is 5.58. The van der Waals surface area contributed by atoms with Gasteiger partial charge in [0.05, 0.1) is 25.6 Å². The van der Waals surface area contributed by atoms with E-state index in [0.29, 0.717) is 0 Å². The highest BCUT2D eigenvalue weighted by Crippen LogP contribution is 2.15. The molecule has 0 amide bonds. The first-order valence-electron chi connectivity index (χ1n) is 6.95. The molecule has 0 spiro atoms. The van der Waals surface area contributed by atoms with Crippen LogP contribution in [-0.4, -0.2) is 17.5 Å². The van der Waals surface area contributed by atoms with Gasteiger partial charge in [0.2, 0.25) is 0 Å². The van der Waals surface area contributed by atoms with Crippen molar-refractivity contribution in [2.24, 2.45) is 0 Å². The first kappa shape index (κ1) is 14.9. The van der Waals surface area contributed by atoms with Crippen LogP contribution in [0.3, 0.4) is 0 Å². The third-order valence-corrected chi connectivity index (χ3v) is 3.06. The summed E-state index contributed by atoms with van der Waals surface area (Å²) in [4.78, 5) is 2.21. The molecule has 0 aromatic carbocycles. The Hall–Kier alpha value is -1.52. The largest absolute Gasteiger partial charge is 0.468 e. The Morgan fingerprint density at radius 3 is 2.55 bits per heavy atom. The zero-order chi connectivity index (χ0) is 14.6. The van der Waals surface area contributed by atoms with E-state index in [4.69, 9.17) is 8.83 Å². The van der Waals surface area contributed by atoms with E-state index in [-0.39, 0.29) is 5.54 Å². The second kappa shape index (κ2) is 6.29. The van der Waals surface area contributed by atoms with Gasteiger partial charge >= 0.3 is 0 Å². The predicted molar refractivity (Wildman–Crippen MR) is 79.2 cm³/mol. The monoisotopic (exact) mass is 276 g/mol. The fraction of sp³-hybridized carbons (Fsp3) is 0.500. The van der Waals surface area contributed by atoms with Crippen LogP contribution in [0.4, 0.5) is 0 Å². The topological polar surface area (TPSA) is 41.6 Å². The van der Waals surface area contributed by atoms with Crippen molar-refractivity contribution in [1.82, 2.24) is 10.2 Å². The lowest BCUT2D eigenvalue weighted by Crippen LogP contribution is -2.35. The Bertz CT molecular complexity index is 509. The number of hydrogen-bond donors (Lipinski definition) is 1. The molecule has 0 fully saturated rings. The Morgan fingerprint density at radius 1 is 1.10 bits per heavy atom. The molecule has 2 heterocycles. The molecule has 0 aliphatic rings. The van der Waals surface area contributed by atoms with Crippen LogP contribution in [0.25, 0.3) is 0 Å². The van der Waals surface area contributed by atoms with Gasteiger partial charge in [0.1, 0.15) is 11.5 Å². The quantitative estimate of drug-likeness (QED) is 0.878. The van der Waals surface area contributed by atoms with E-state index in [1.807, 2.05) is 18.2 Å². The first-order chi connectivity index (χ1) is 9.44. The van der Waals surface area contributed by atoms with Crippen molar-refractivity contribution in [1.29, 1.82) is 0 Å². The van der Waals surface area contributed by atoms with Crippen LogP contribution >= 0.6 is 0 Å². The highest BCUT2D eigenvalue weighted by atomic mass is 16.3. The molecule has 4 nitrogen and oxygen atoms in total. The van der Waals surface area contributed by atoms with E-state index < -0.39 is 0 Å². The van der Waals surface area contributed by atoms with Crippen LogP contribution in [0, 0.1) is 0 Å². The van der Waals surface area contributed by atoms with E-state index in [1.165, 1.54) is 5.56 Å². The van der Waals surface area contributed by atoms with Crippen LogP contribution in [0.5, 0.6) is 0 Å². The minimum Gasteiger partial charge on any atom is -0.468 e. The van der Waals surface area contributed by atoms with Crippen molar-refractivity contribution in [3.05, 3.63) is 47.8 Å². The van der Waals surface area contributed by atoms with E-state index in [9.17, 15) is 0 Å². The molecule has 2 aromatic rings. The normalized spacial score (nSPS) is 12.2. The van der Waals surface area contributed by atoms with Crippen LogP contribution in [0.1, 0.15) is 37.9 Å². The second-order valence-electron chi connectivity index (χ2n) is 6.22. The Morgan fingerprint density at radius 2 is 1.90 bits per heavy atom. The second-order valence-corrected chi connectivity index (χ2v) is 6.22. The van der Waals surface area contributed by atoms with Crippen molar-refractivity contribution in [2.75, 3.05) is 7.05 Å². The first-order valence-corrected chi connectivity index (χ1v) is 6.95. The summed E-state index contributed by atoms with van der Waals surface area (Å²) >= 11 is 0. The van der Waals surface area contributed by atoms with Gasteiger partial charge in [-0.3, -0.25) is 4.90 Å². The summed E-state index contributed by atoms with van der Waals surface area (Å²) < 4.78 is 11.0. The maximum atomic E-state index is 5.58. The summed E-state index contributed by atoms with van der Waals surface area (Å²) in [5, 5.41) is 3.45. The molecule has 2 aromatic heterocycles. The zero-order valence-electron chi connectivity index (χ0n) is 12.8. The highest BCUT2D eigenvalue weighted by Gasteiger charge is 2.14. The van der Waals surface area contributed by atoms with Crippen molar-refractivity contribution in [3.63, 3.8) is 0 Å². The van der Waals surface area contributed by atoms with Gasteiger partial charge < -0.3 is 14.2 Å². The number of hydrogen-bond acceptors (Lipinski definition) is 4. The highest BCUT2D eigenvalue weighted by molar-refractivity contribution is 5.17. The summed E-state index contributed by atoms with van der Waals surface area (Å²) in [5.41, 5.74) is 1.31. The maximum Gasteiger partial charge on any atom is 0.122 e. The van der Waals surface area contributed by atoms with Gasteiger partial charge in [-0.25, -0.2) is 0 Å². The summed E-state index contributed by atoms with van der Waals surface area (Å²) in [5.74, 6) is 1.98. The molecule has 0 unspecified atom stereocenters. The van der Waals surface area contributed by atoms with Gasteiger partial charge in [-0.15, -0.1) is 0 Å². The number of rotatable bonds is 6. The van der Waals surface area contributed by atoms with Crippen molar-refractivity contribution in [3.8, 4) is 0 Å². The van der Waals surface area contributed by atoms with Crippen molar-refractivity contribution < 1.29 is 8.83 Å². The van der Waals surface area contributed by atoms with Gasteiger partial charge in [0.15, 0.2) is 0 Å². The van der Waals surface area contributed by atoms with E-state index in [1.54, 1.807) is 12.5 Å². The summed E-state index contributed by atoms with van der Waals surface area (Å²) in [6.07, 6.45) is 3.47. The molecule has 0 saturated carbocycles. The molecule has 20 heavy (non-hydrogen) atoms. The lowest BCUT2D eigenvalue weighted by atomic mass is 10.1. The predicted octanol–water partition coefficient (Wildman–Crippen LogP) is 3.39. The minimum absolute atomic E-state index is 0.0874. The molecule has 4 heteroatoms. The average Bonchev–Trinajstić information content (AvgIpc) is 2.97. The van der Waals surface area contributed by atoms with E-state index in [2.05, 4.69) is 38.0 Å². The van der Waals surface area contributed by atoms with Crippen LogP contribution in [0.2, 0.25) is 0 Å². The summed E-state index contributed by atoms with van der Waals surface area (Å²) in [7, 11) is 2.08. The Labute approximate surface area is 120 Å². The van der Waals surface area contributed by atoms with E-state index >= 15 is 0 Å². The van der Waals surface area contributed by atoms with Gasteiger partial charge in [-0.05, 0) is 46.0 Å². The molecule has 0 aliphatic carbocycles. The third kappa shape index (κ3) is 4.54. The molecule has 0 radical (unpaired) electrons. The van der Waals surface area contributed by atoms with Crippen LogP contribution in [0.15, 0.2) is 39.6 Å². The summed E-state index contributed by atoms with van der Waals surface area (Å²) in [6.45, 7) is 8.85. The molecule has 110 valence electrons. The lowest BCUT2D eigenvalue weighted by Gasteiger charge is -2.20. The van der Waals surface area contributed by atoms with Crippen LogP contribution in [-0.2, 0) is 19.6 Å². The smallest absolute Gasteiger partial charge is 0.122 e. The third-order valence-electron chi connectivity index (χ3n) is 3.06. The SMILES string of the molecule is CN(Cc1ccco1)Cc1ccoc1CNC(C)(C)C. The molecule has 0 bridgehead atoms. The van der Waals surface area contributed by atoms with Gasteiger partial charge in [-0.1, -0.05) is 0 Å². The average molecular weight is 276 g/mol. The lowest BCUT2D eigenvalue weighted by molar-refractivity contribution is 0.284. The Kier molecular flexibility index (Phi) is 4.68. The molecule has 2 rings (SSSR count). The van der Waals surface area contributed by atoms with Gasteiger partial charge in [-0.2, -0.15) is 0 Å². The van der Waals surface area contributed by atoms with Gasteiger partial charge in [0, 0.05) is 17.6 Å². The molecule has 0 atom stereocenters. The van der Waals surface area contributed by atoms with Crippen molar-refractivity contribution >= 4 is 0 Å². The van der Waals surface area contributed by atoms with Crippen molar-refractivity contribution in [2.45, 2.75) is 45.9 Å². The summed E-state index contributed by atoms with van der Waals surface area (Å²) in [6, 6.07) is 5.95.